The molecule has 6 nitrogen and oxygen atoms in total. The third kappa shape index (κ3) is 3.20. The van der Waals surface area contributed by atoms with E-state index in [0.29, 0.717) is 17.5 Å². The first-order chi connectivity index (χ1) is 8.97. The fraction of sp³-hybridized carbons (Fsp3) is 0.500. The number of anilines is 1. The lowest BCUT2D eigenvalue weighted by Crippen LogP contribution is -2.09. The predicted octanol–water partition coefficient (Wildman–Crippen LogP) is 2.30. The second-order valence-electron chi connectivity index (χ2n) is 4.69. The van der Waals surface area contributed by atoms with Gasteiger partial charge in [-0.25, -0.2) is 15.0 Å². The van der Waals surface area contributed by atoms with Crippen LogP contribution in [-0.2, 0) is 13.6 Å². The fourth-order valence-corrected chi connectivity index (χ4v) is 1.74. The summed E-state index contributed by atoms with van der Waals surface area (Å²) in [5.41, 5.74) is 0.835. The van der Waals surface area contributed by atoms with Crippen LogP contribution >= 0.6 is 11.6 Å². The van der Waals surface area contributed by atoms with E-state index in [1.54, 1.807) is 11.0 Å². The Hall–Kier alpha value is -1.69. The minimum Gasteiger partial charge on any atom is -0.362 e. The fourth-order valence-electron chi connectivity index (χ4n) is 1.56. The smallest absolute Gasteiger partial charge is 0.169 e. The Labute approximate surface area is 117 Å². The average molecular weight is 281 g/mol. The van der Waals surface area contributed by atoms with Gasteiger partial charge in [-0.05, 0) is 6.92 Å². The van der Waals surface area contributed by atoms with Gasteiger partial charge in [-0.2, -0.15) is 5.10 Å². The third-order valence-corrected chi connectivity index (χ3v) is 3.05. The SMILES string of the molecule is Cc1c(Cl)nc(C(C)C)nc1NCc1ncn(C)n1. The minimum absolute atomic E-state index is 0.228. The van der Waals surface area contributed by atoms with E-state index >= 15 is 0 Å². The first-order valence-corrected chi connectivity index (χ1v) is 6.47. The molecule has 2 heterocycles. The Balaban J connectivity index is 2.19. The van der Waals surface area contributed by atoms with Crippen molar-refractivity contribution in [2.45, 2.75) is 33.2 Å². The van der Waals surface area contributed by atoms with Crippen molar-refractivity contribution in [3.05, 3.63) is 28.7 Å². The molecule has 0 aliphatic heterocycles. The highest BCUT2D eigenvalue weighted by Crippen LogP contribution is 2.23. The summed E-state index contributed by atoms with van der Waals surface area (Å²) < 4.78 is 1.66. The molecule has 0 bridgehead atoms. The number of hydrogen-bond donors (Lipinski definition) is 1. The Kier molecular flexibility index (Phi) is 3.99. The van der Waals surface area contributed by atoms with E-state index in [9.17, 15) is 0 Å². The summed E-state index contributed by atoms with van der Waals surface area (Å²) >= 11 is 6.12. The monoisotopic (exact) mass is 280 g/mol. The molecule has 0 spiro atoms. The molecule has 19 heavy (non-hydrogen) atoms. The molecule has 1 N–H and O–H groups in total. The van der Waals surface area contributed by atoms with E-state index in [1.807, 2.05) is 27.8 Å². The molecule has 2 rings (SSSR count). The topological polar surface area (TPSA) is 68.5 Å². The molecule has 0 amide bonds. The van der Waals surface area contributed by atoms with Crippen LogP contribution in [-0.4, -0.2) is 24.7 Å². The van der Waals surface area contributed by atoms with Crippen LogP contribution in [0, 0.1) is 6.92 Å². The van der Waals surface area contributed by atoms with E-state index in [2.05, 4.69) is 25.4 Å². The van der Waals surface area contributed by atoms with Gasteiger partial charge in [0.2, 0.25) is 0 Å². The van der Waals surface area contributed by atoms with Crippen LogP contribution in [0.5, 0.6) is 0 Å². The van der Waals surface area contributed by atoms with E-state index < -0.39 is 0 Å². The molecule has 2 aromatic heterocycles. The van der Waals surface area contributed by atoms with E-state index in [1.165, 1.54) is 0 Å². The number of rotatable bonds is 4. The van der Waals surface area contributed by atoms with Gasteiger partial charge < -0.3 is 5.32 Å². The highest BCUT2D eigenvalue weighted by atomic mass is 35.5. The van der Waals surface area contributed by atoms with Gasteiger partial charge in [0.25, 0.3) is 0 Å². The van der Waals surface area contributed by atoms with Gasteiger partial charge in [0.1, 0.15) is 23.1 Å². The molecule has 0 aromatic carbocycles. The van der Waals surface area contributed by atoms with Gasteiger partial charge in [-0.1, -0.05) is 25.4 Å². The van der Waals surface area contributed by atoms with Crippen molar-refractivity contribution < 1.29 is 0 Å². The van der Waals surface area contributed by atoms with Crippen molar-refractivity contribution in [1.29, 1.82) is 0 Å². The van der Waals surface area contributed by atoms with E-state index in [0.717, 1.165) is 17.2 Å². The molecule has 7 heteroatoms. The Morgan fingerprint density at radius 2 is 2.11 bits per heavy atom. The van der Waals surface area contributed by atoms with E-state index in [-0.39, 0.29) is 5.92 Å². The summed E-state index contributed by atoms with van der Waals surface area (Å²) in [7, 11) is 1.83. The standard InChI is InChI=1S/C12H17ClN6/c1-7(2)11-16-10(13)8(3)12(17-11)14-5-9-15-6-19(4)18-9/h6-7H,5H2,1-4H3,(H,14,16,17). The average Bonchev–Trinajstić information content (AvgIpc) is 2.76. The molecular weight excluding hydrogens is 264 g/mol. The van der Waals surface area contributed by atoms with E-state index in [4.69, 9.17) is 11.6 Å². The van der Waals surface area contributed by atoms with Crippen LogP contribution < -0.4 is 5.32 Å². The van der Waals surface area contributed by atoms with Crippen molar-refractivity contribution in [2.24, 2.45) is 7.05 Å². The normalized spacial score (nSPS) is 11.1. The lowest BCUT2D eigenvalue weighted by molar-refractivity contribution is 0.744. The molecule has 0 fully saturated rings. The van der Waals surface area contributed by atoms with Gasteiger partial charge in [-0.15, -0.1) is 0 Å². The van der Waals surface area contributed by atoms with Crippen molar-refractivity contribution in [3.8, 4) is 0 Å². The molecule has 0 aliphatic carbocycles. The summed E-state index contributed by atoms with van der Waals surface area (Å²) in [4.78, 5) is 12.9. The first kappa shape index (κ1) is 13.7. The molecule has 0 aliphatic rings. The summed E-state index contributed by atoms with van der Waals surface area (Å²) in [6.45, 7) is 6.46. The summed E-state index contributed by atoms with van der Waals surface area (Å²) in [6, 6.07) is 0. The summed E-state index contributed by atoms with van der Waals surface area (Å²) in [6.07, 6.45) is 1.66. The Bertz CT molecular complexity index is 578. The number of aryl methyl sites for hydroxylation is 1. The van der Waals surface area contributed by atoms with Crippen molar-refractivity contribution in [1.82, 2.24) is 24.7 Å². The molecule has 0 atom stereocenters. The second-order valence-corrected chi connectivity index (χ2v) is 5.05. The summed E-state index contributed by atoms with van der Waals surface area (Å²) in [5.74, 6) is 2.40. The van der Waals surface area contributed by atoms with Crippen molar-refractivity contribution in [3.63, 3.8) is 0 Å². The van der Waals surface area contributed by atoms with Gasteiger partial charge in [0.05, 0.1) is 6.54 Å². The van der Waals surface area contributed by atoms with Gasteiger partial charge in [-0.3, -0.25) is 4.68 Å². The molecule has 2 aromatic rings. The quantitative estimate of drug-likeness (QED) is 0.871. The zero-order chi connectivity index (χ0) is 14.0. The highest BCUT2D eigenvalue weighted by Gasteiger charge is 2.12. The van der Waals surface area contributed by atoms with Gasteiger partial charge >= 0.3 is 0 Å². The maximum absolute atomic E-state index is 6.12. The number of halogens is 1. The third-order valence-electron chi connectivity index (χ3n) is 2.68. The van der Waals surface area contributed by atoms with Gasteiger partial charge in [0.15, 0.2) is 5.82 Å². The van der Waals surface area contributed by atoms with Gasteiger partial charge in [0, 0.05) is 18.5 Å². The first-order valence-electron chi connectivity index (χ1n) is 6.09. The maximum atomic E-state index is 6.12. The zero-order valence-electron chi connectivity index (χ0n) is 11.5. The molecule has 0 unspecified atom stereocenters. The van der Waals surface area contributed by atoms with Crippen LogP contribution in [0.1, 0.15) is 37.0 Å². The highest BCUT2D eigenvalue weighted by molar-refractivity contribution is 6.30. The lowest BCUT2D eigenvalue weighted by Gasteiger charge is -2.11. The molecule has 0 radical (unpaired) electrons. The van der Waals surface area contributed by atoms with Crippen molar-refractivity contribution in [2.75, 3.05) is 5.32 Å². The maximum Gasteiger partial charge on any atom is 0.169 e. The molecular formula is C12H17ClN6. The van der Waals surface area contributed by atoms with Crippen LogP contribution in [0.15, 0.2) is 6.33 Å². The number of nitrogens with zero attached hydrogens (tertiary/aromatic N) is 5. The largest absolute Gasteiger partial charge is 0.362 e. The summed E-state index contributed by atoms with van der Waals surface area (Å²) in [5, 5.41) is 7.89. The van der Waals surface area contributed by atoms with Crippen LogP contribution in [0.25, 0.3) is 0 Å². The number of aromatic nitrogens is 5. The van der Waals surface area contributed by atoms with Crippen LogP contribution in [0.3, 0.4) is 0 Å². The van der Waals surface area contributed by atoms with Crippen LogP contribution in [0.2, 0.25) is 5.15 Å². The Morgan fingerprint density at radius 3 is 2.68 bits per heavy atom. The molecule has 0 saturated heterocycles. The predicted molar refractivity (Wildman–Crippen MR) is 74.2 cm³/mol. The zero-order valence-corrected chi connectivity index (χ0v) is 12.2. The minimum atomic E-state index is 0.228. The number of nitrogens with one attached hydrogen (secondary N) is 1. The molecule has 102 valence electrons. The van der Waals surface area contributed by atoms with Crippen molar-refractivity contribution >= 4 is 17.4 Å². The Morgan fingerprint density at radius 1 is 1.37 bits per heavy atom. The lowest BCUT2D eigenvalue weighted by atomic mass is 10.2. The molecule has 0 saturated carbocycles. The van der Waals surface area contributed by atoms with Crippen LogP contribution in [0.4, 0.5) is 5.82 Å². The number of hydrogen-bond acceptors (Lipinski definition) is 5. The second kappa shape index (κ2) is 5.52.